The first-order valence-corrected chi connectivity index (χ1v) is 10.2. The van der Waals surface area contributed by atoms with Gasteiger partial charge in [-0.25, -0.2) is 18.2 Å². The first-order valence-electron chi connectivity index (χ1n) is 8.75. The van der Waals surface area contributed by atoms with Gasteiger partial charge in [-0.2, -0.15) is 0 Å². The van der Waals surface area contributed by atoms with Gasteiger partial charge in [0.1, 0.15) is 23.6 Å². The number of benzene rings is 1. The van der Waals surface area contributed by atoms with Crippen molar-refractivity contribution < 1.29 is 32.5 Å². The predicted octanol–water partition coefficient (Wildman–Crippen LogP) is 2.74. The number of ether oxygens (including phenoxy) is 3. The van der Waals surface area contributed by atoms with Crippen molar-refractivity contribution in [3.63, 3.8) is 0 Å². The number of pyridine rings is 1. The Morgan fingerprint density at radius 3 is 2.52 bits per heavy atom. The maximum Gasteiger partial charge on any atom is 0.339 e. The van der Waals surface area contributed by atoms with Crippen LogP contribution in [0.4, 0.5) is 5.69 Å². The van der Waals surface area contributed by atoms with E-state index >= 15 is 0 Å². The topological polar surface area (TPSA) is 124 Å². The van der Waals surface area contributed by atoms with Crippen LogP contribution in [0.1, 0.15) is 35.7 Å². The number of carboxylic acid groups (broad SMARTS) is 1. The Hall–Kier alpha value is -2.85. The van der Waals surface area contributed by atoms with Gasteiger partial charge >= 0.3 is 5.97 Å². The summed E-state index contributed by atoms with van der Waals surface area (Å²) in [7, 11) is -1.23. The van der Waals surface area contributed by atoms with Crippen molar-refractivity contribution >= 4 is 21.7 Å². The zero-order valence-electron chi connectivity index (χ0n) is 16.6. The molecule has 29 heavy (non-hydrogen) atoms. The number of carboxylic acids is 1. The fourth-order valence-electron chi connectivity index (χ4n) is 2.43. The van der Waals surface area contributed by atoms with Crippen LogP contribution in [-0.2, 0) is 14.8 Å². The lowest BCUT2D eigenvalue weighted by atomic mass is 10.1. The molecule has 0 aliphatic carbocycles. The van der Waals surface area contributed by atoms with Crippen molar-refractivity contribution in [3.8, 4) is 11.6 Å². The Balaban J connectivity index is 2.39. The van der Waals surface area contributed by atoms with Crippen molar-refractivity contribution in [2.45, 2.75) is 24.7 Å². The summed E-state index contributed by atoms with van der Waals surface area (Å²) in [5, 5.41) is 9.43. The maximum atomic E-state index is 12.8. The fraction of sp³-hybridized carbons (Fsp3) is 0.368. The van der Waals surface area contributed by atoms with E-state index < -0.39 is 16.0 Å². The van der Waals surface area contributed by atoms with Gasteiger partial charge in [0.2, 0.25) is 5.88 Å². The van der Waals surface area contributed by atoms with Gasteiger partial charge < -0.3 is 19.3 Å². The molecule has 0 radical (unpaired) electrons. The molecule has 0 saturated carbocycles. The van der Waals surface area contributed by atoms with Crippen LogP contribution >= 0.6 is 0 Å². The number of methoxy groups -OCH3 is 2. The van der Waals surface area contributed by atoms with Gasteiger partial charge in [0.25, 0.3) is 10.0 Å². The van der Waals surface area contributed by atoms with E-state index in [-0.39, 0.29) is 46.9 Å². The normalized spacial score (nSPS) is 11.3. The molecular formula is C19H24N2O7S. The Kier molecular flexibility index (Phi) is 7.40. The maximum absolute atomic E-state index is 12.8. The molecule has 0 atom stereocenters. The minimum atomic E-state index is -4.10. The van der Waals surface area contributed by atoms with Gasteiger partial charge in [-0.15, -0.1) is 0 Å². The predicted molar refractivity (Wildman–Crippen MR) is 106 cm³/mol. The molecule has 0 aliphatic rings. The average molecular weight is 424 g/mol. The summed E-state index contributed by atoms with van der Waals surface area (Å²) in [6, 6.07) is 5.24. The van der Waals surface area contributed by atoms with Crippen LogP contribution in [0.2, 0.25) is 0 Å². The minimum absolute atomic E-state index is 0.0505. The lowest BCUT2D eigenvalue weighted by Gasteiger charge is -2.15. The molecule has 0 fully saturated rings. The summed E-state index contributed by atoms with van der Waals surface area (Å²) in [6.45, 7) is 4.29. The highest BCUT2D eigenvalue weighted by Crippen LogP contribution is 2.29. The molecule has 2 N–H and O–H groups in total. The molecule has 2 aromatic rings. The molecule has 1 aromatic heterocycles. The molecule has 9 nitrogen and oxygen atoms in total. The largest absolute Gasteiger partial charge is 0.490 e. The third kappa shape index (κ3) is 5.58. The summed E-state index contributed by atoms with van der Waals surface area (Å²) in [5.41, 5.74) is 0.706. The number of rotatable bonds is 10. The minimum Gasteiger partial charge on any atom is -0.490 e. The van der Waals surface area contributed by atoms with E-state index in [0.717, 1.165) is 11.6 Å². The van der Waals surface area contributed by atoms with Crippen LogP contribution < -0.4 is 14.2 Å². The van der Waals surface area contributed by atoms with Crippen LogP contribution in [0, 0.1) is 0 Å². The molecule has 1 aromatic carbocycles. The number of nitrogens with one attached hydrogen (secondary N) is 1. The van der Waals surface area contributed by atoms with E-state index in [4.69, 9.17) is 14.2 Å². The Labute approximate surface area is 169 Å². The number of anilines is 1. The molecule has 0 saturated heterocycles. The first kappa shape index (κ1) is 22.4. The highest BCUT2D eigenvalue weighted by molar-refractivity contribution is 7.92. The van der Waals surface area contributed by atoms with Gasteiger partial charge in [0, 0.05) is 13.3 Å². The second-order valence-electron chi connectivity index (χ2n) is 6.39. The molecule has 0 unspecified atom stereocenters. The summed E-state index contributed by atoms with van der Waals surface area (Å²) in [4.78, 5) is 15.4. The van der Waals surface area contributed by atoms with Crippen molar-refractivity contribution in [2.24, 2.45) is 0 Å². The average Bonchev–Trinajstić information content (AvgIpc) is 2.67. The molecule has 0 spiro atoms. The smallest absolute Gasteiger partial charge is 0.339 e. The lowest BCUT2D eigenvalue weighted by Crippen LogP contribution is -2.16. The van der Waals surface area contributed by atoms with Crippen molar-refractivity contribution in [1.82, 2.24) is 4.98 Å². The van der Waals surface area contributed by atoms with E-state index in [2.05, 4.69) is 9.71 Å². The van der Waals surface area contributed by atoms with E-state index in [1.807, 2.05) is 13.8 Å². The number of hydrogen-bond acceptors (Lipinski definition) is 7. The van der Waals surface area contributed by atoms with E-state index in [9.17, 15) is 18.3 Å². The quantitative estimate of drug-likeness (QED) is 0.558. The van der Waals surface area contributed by atoms with Crippen LogP contribution in [-0.4, -0.2) is 51.9 Å². The highest BCUT2D eigenvalue weighted by atomic mass is 32.2. The number of nitrogens with zero attached hydrogens (tertiary/aromatic N) is 1. The third-order valence-electron chi connectivity index (χ3n) is 4.01. The summed E-state index contributed by atoms with van der Waals surface area (Å²) in [6.07, 6.45) is 1.61. The van der Waals surface area contributed by atoms with Gasteiger partial charge in [0.05, 0.1) is 18.6 Å². The highest BCUT2D eigenvalue weighted by Gasteiger charge is 2.22. The van der Waals surface area contributed by atoms with Gasteiger partial charge in [-0.3, -0.25) is 4.72 Å². The van der Waals surface area contributed by atoms with E-state index in [1.54, 1.807) is 12.3 Å². The first-order chi connectivity index (χ1) is 13.7. The second kappa shape index (κ2) is 9.57. The SMILES string of the molecule is COCCOc1ccc(S(=O)(=O)Nc2cc(C(C)C)cnc2OC)cc1C(=O)O. The van der Waals surface area contributed by atoms with E-state index in [1.165, 1.54) is 26.4 Å². The molecule has 0 amide bonds. The Morgan fingerprint density at radius 1 is 1.21 bits per heavy atom. The van der Waals surface area contributed by atoms with Crippen molar-refractivity contribution in [2.75, 3.05) is 32.2 Å². The molecule has 2 rings (SSSR count). The number of hydrogen-bond donors (Lipinski definition) is 2. The van der Waals surface area contributed by atoms with Crippen LogP contribution in [0.15, 0.2) is 35.4 Å². The van der Waals surface area contributed by atoms with Crippen molar-refractivity contribution in [1.29, 1.82) is 0 Å². The number of aromatic carboxylic acids is 1. The fourth-order valence-corrected chi connectivity index (χ4v) is 3.50. The number of aromatic nitrogens is 1. The van der Waals surface area contributed by atoms with Crippen molar-refractivity contribution in [3.05, 3.63) is 41.6 Å². The lowest BCUT2D eigenvalue weighted by molar-refractivity contribution is 0.0689. The summed E-state index contributed by atoms with van der Waals surface area (Å²) < 4.78 is 43.5. The molecule has 1 heterocycles. The molecular weight excluding hydrogens is 400 g/mol. The van der Waals surface area contributed by atoms with E-state index in [0.29, 0.717) is 0 Å². The van der Waals surface area contributed by atoms with Crippen LogP contribution in [0.3, 0.4) is 0 Å². The monoisotopic (exact) mass is 424 g/mol. The van der Waals surface area contributed by atoms with Crippen LogP contribution in [0.5, 0.6) is 11.6 Å². The summed E-state index contributed by atoms with van der Waals surface area (Å²) in [5.74, 6) is -1.03. The second-order valence-corrected chi connectivity index (χ2v) is 8.07. The van der Waals surface area contributed by atoms with Gasteiger partial charge in [-0.05, 0) is 35.7 Å². The molecule has 0 aliphatic heterocycles. The molecule has 158 valence electrons. The zero-order chi connectivity index (χ0) is 21.6. The Bertz CT molecular complexity index is 975. The molecule has 0 bridgehead atoms. The Morgan fingerprint density at radius 2 is 1.93 bits per heavy atom. The number of sulfonamides is 1. The molecule has 10 heteroatoms. The zero-order valence-corrected chi connectivity index (χ0v) is 17.4. The summed E-state index contributed by atoms with van der Waals surface area (Å²) >= 11 is 0. The van der Waals surface area contributed by atoms with Gasteiger partial charge in [0.15, 0.2) is 0 Å². The van der Waals surface area contributed by atoms with Crippen LogP contribution in [0.25, 0.3) is 0 Å². The van der Waals surface area contributed by atoms with Gasteiger partial charge in [-0.1, -0.05) is 13.8 Å². The standard InChI is InChI=1S/C19H24N2O7S/c1-12(2)13-9-16(18(27-4)20-11-13)21-29(24,25)14-5-6-17(28-8-7-26-3)15(10-14)19(22)23/h5-6,9-12,21H,7-8H2,1-4H3,(H,22,23). The third-order valence-corrected chi connectivity index (χ3v) is 5.38. The number of carbonyl (C=O) groups is 1.